The number of rotatable bonds is 20. The van der Waals surface area contributed by atoms with Crippen LogP contribution in [0.5, 0.6) is 11.5 Å². The molecule has 0 heterocycles. The summed E-state index contributed by atoms with van der Waals surface area (Å²) in [6, 6.07) is 19.8. The SMILES string of the molecule is COc1cc(NC(=O)c2cc(N=NC(C(C)=O)C(=O)Nc3ccc(NC(=O)C(N=Nc4ccc(Cl)c(C(=O)Nc5cc(OC)cc(C(C)Cl)c5)c4)C(C)=O)c(CCCl)c3)ccc2Cl)cc(C(C)Cl)c1. The Morgan fingerprint density at radius 3 is 1.42 bits per heavy atom. The second-order valence-corrected chi connectivity index (χ2v) is 17.7. The molecule has 4 unspecified atom stereocenters. The van der Waals surface area contributed by atoms with Crippen LogP contribution < -0.4 is 30.7 Å². The number of nitrogens with zero attached hydrogens (tertiary/aromatic N) is 4. The number of aryl methyl sites for hydroxylation is 1. The van der Waals surface area contributed by atoms with Crippen LogP contribution in [0.2, 0.25) is 10.0 Å². The summed E-state index contributed by atoms with van der Waals surface area (Å²) in [7, 11) is 2.97. The highest BCUT2D eigenvalue weighted by Gasteiger charge is 2.26. The highest BCUT2D eigenvalue weighted by atomic mass is 35.5. The van der Waals surface area contributed by atoms with Gasteiger partial charge in [-0.1, -0.05) is 23.2 Å². The molecular formula is C48H45Cl5N8O8. The monoisotopic (exact) mass is 1040 g/mol. The Balaban J connectivity index is 1.28. The third kappa shape index (κ3) is 14.8. The van der Waals surface area contributed by atoms with Gasteiger partial charge in [-0.2, -0.15) is 20.5 Å². The predicted molar refractivity (Wildman–Crippen MR) is 269 cm³/mol. The lowest BCUT2D eigenvalue weighted by Crippen LogP contribution is -2.32. The number of hydrogen-bond acceptors (Lipinski definition) is 12. The van der Waals surface area contributed by atoms with Crippen molar-refractivity contribution in [1.29, 1.82) is 0 Å². The molecule has 5 aromatic rings. The van der Waals surface area contributed by atoms with Crippen molar-refractivity contribution in [3.8, 4) is 11.5 Å². The van der Waals surface area contributed by atoms with E-state index in [1.165, 1.54) is 82.7 Å². The third-order valence-electron chi connectivity index (χ3n) is 9.99. The van der Waals surface area contributed by atoms with Gasteiger partial charge in [0.25, 0.3) is 23.6 Å². The first-order valence-corrected chi connectivity index (χ1v) is 23.0. The van der Waals surface area contributed by atoms with E-state index in [1.54, 1.807) is 50.2 Å². The summed E-state index contributed by atoms with van der Waals surface area (Å²) >= 11 is 31.4. The fourth-order valence-electron chi connectivity index (χ4n) is 6.38. The van der Waals surface area contributed by atoms with Gasteiger partial charge in [0.2, 0.25) is 12.1 Å². The van der Waals surface area contributed by atoms with Crippen LogP contribution in [-0.2, 0) is 25.6 Å². The van der Waals surface area contributed by atoms with E-state index in [0.29, 0.717) is 39.6 Å². The summed E-state index contributed by atoms with van der Waals surface area (Å²) in [5.74, 6) is -3.03. The molecule has 0 aliphatic heterocycles. The molecule has 0 saturated carbocycles. The van der Waals surface area contributed by atoms with Gasteiger partial charge >= 0.3 is 0 Å². The Morgan fingerprint density at radius 1 is 0.565 bits per heavy atom. The molecule has 5 rings (SSSR count). The molecule has 360 valence electrons. The molecule has 4 N–H and O–H groups in total. The molecule has 0 radical (unpaired) electrons. The largest absolute Gasteiger partial charge is 0.497 e. The average molecular weight is 1040 g/mol. The Kier molecular flexibility index (Phi) is 19.2. The Bertz CT molecular complexity index is 2840. The van der Waals surface area contributed by atoms with Gasteiger partial charge in [0.15, 0.2) is 11.6 Å². The number of amides is 4. The molecule has 0 spiro atoms. The number of halogens is 5. The fourth-order valence-corrected chi connectivity index (χ4v) is 7.24. The lowest BCUT2D eigenvalue weighted by Gasteiger charge is -2.15. The van der Waals surface area contributed by atoms with Crippen molar-refractivity contribution in [1.82, 2.24) is 0 Å². The third-order valence-corrected chi connectivity index (χ3v) is 11.3. The molecule has 0 bridgehead atoms. The Labute approximate surface area is 422 Å². The van der Waals surface area contributed by atoms with Crippen molar-refractivity contribution in [3.05, 3.63) is 129 Å². The van der Waals surface area contributed by atoms with Crippen molar-refractivity contribution in [2.24, 2.45) is 20.5 Å². The maximum Gasteiger partial charge on any atom is 0.258 e. The van der Waals surface area contributed by atoms with Crippen LogP contribution in [0, 0.1) is 0 Å². The van der Waals surface area contributed by atoms with E-state index >= 15 is 0 Å². The number of alkyl halides is 3. The molecule has 0 aliphatic rings. The number of carbonyl (C=O) groups excluding carboxylic acids is 6. The molecule has 0 fully saturated rings. The highest BCUT2D eigenvalue weighted by Crippen LogP contribution is 2.32. The minimum Gasteiger partial charge on any atom is -0.497 e. The van der Waals surface area contributed by atoms with Crippen molar-refractivity contribution in [2.45, 2.75) is 57.0 Å². The van der Waals surface area contributed by atoms with Gasteiger partial charge in [0.1, 0.15) is 11.5 Å². The van der Waals surface area contributed by atoms with E-state index < -0.39 is 47.3 Å². The number of azo groups is 2. The van der Waals surface area contributed by atoms with Crippen LogP contribution in [-0.4, -0.2) is 67.4 Å². The summed E-state index contributed by atoms with van der Waals surface area (Å²) in [6.45, 7) is 5.89. The zero-order valence-electron chi connectivity index (χ0n) is 37.8. The predicted octanol–water partition coefficient (Wildman–Crippen LogP) is 12.3. The molecule has 4 amide bonds. The lowest BCUT2D eigenvalue weighted by atomic mass is 10.1. The highest BCUT2D eigenvalue weighted by molar-refractivity contribution is 6.35. The quantitative estimate of drug-likeness (QED) is 0.0333. The topological polar surface area (TPSA) is 218 Å². The smallest absolute Gasteiger partial charge is 0.258 e. The van der Waals surface area contributed by atoms with Gasteiger partial charge in [0, 0.05) is 40.8 Å². The first-order chi connectivity index (χ1) is 32.8. The van der Waals surface area contributed by atoms with Crippen molar-refractivity contribution < 1.29 is 38.2 Å². The molecular weight excluding hydrogens is 994 g/mol. The van der Waals surface area contributed by atoms with E-state index in [9.17, 15) is 28.8 Å². The molecule has 0 aromatic heterocycles. The zero-order chi connectivity index (χ0) is 50.5. The number of nitrogens with one attached hydrogen (secondary N) is 4. The molecule has 4 atom stereocenters. The van der Waals surface area contributed by atoms with Crippen molar-refractivity contribution in [2.75, 3.05) is 41.4 Å². The van der Waals surface area contributed by atoms with E-state index in [-0.39, 0.29) is 67.0 Å². The summed E-state index contributed by atoms with van der Waals surface area (Å²) < 4.78 is 10.7. The number of carbonyl (C=O) groups is 6. The van der Waals surface area contributed by atoms with Crippen molar-refractivity contribution in [3.63, 3.8) is 0 Å². The minimum atomic E-state index is -1.61. The first kappa shape index (κ1) is 53.5. The Hall–Kier alpha value is -6.43. The molecule has 5 aromatic carbocycles. The number of methoxy groups -OCH3 is 2. The van der Waals surface area contributed by atoms with Crippen LogP contribution in [0.15, 0.2) is 111 Å². The minimum absolute atomic E-state index is 0.0377. The molecule has 0 aliphatic carbocycles. The molecule has 16 nitrogen and oxygen atoms in total. The number of ether oxygens (including phenoxy) is 2. The van der Waals surface area contributed by atoms with Crippen LogP contribution >= 0.6 is 58.0 Å². The summed E-state index contributed by atoms with van der Waals surface area (Å²) in [5, 5.41) is 26.5. The second-order valence-electron chi connectivity index (χ2n) is 15.2. The van der Waals surface area contributed by atoms with Crippen LogP contribution in [0.1, 0.15) is 75.9 Å². The van der Waals surface area contributed by atoms with E-state index in [2.05, 4.69) is 41.7 Å². The maximum atomic E-state index is 13.5. The van der Waals surface area contributed by atoms with E-state index in [0.717, 1.165) is 0 Å². The molecule has 69 heavy (non-hydrogen) atoms. The second kappa shape index (κ2) is 24.7. The molecule has 0 saturated heterocycles. The summed E-state index contributed by atoms with van der Waals surface area (Å²) in [4.78, 5) is 79.0. The number of benzene rings is 5. The average Bonchev–Trinajstić information content (AvgIpc) is 3.30. The van der Waals surface area contributed by atoms with Crippen LogP contribution in [0.4, 0.5) is 34.1 Å². The van der Waals surface area contributed by atoms with Gasteiger partial charge in [-0.3, -0.25) is 28.8 Å². The van der Waals surface area contributed by atoms with Crippen LogP contribution in [0.3, 0.4) is 0 Å². The van der Waals surface area contributed by atoms with Crippen LogP contribution in [0.25, 0.3) is 0 Å². The maximum absolute atomic E-state index is 13.5. The summed E-state index contributed by atoms with van der Waals surface area (Å²) in [6.07, 6.45) is 0.206. The normalized spacial score (nSPS) is 13.0. The number of hydrogen-bond donors (Lipinski definition) is 4. The van der Waals surface area contributed by atoms with Gasteiger partial charge in [0.05, 0.1) is 57.5 Å². The van der Waals surface area contributed by atoms with Gasteiger partial charge in [-0.05, 0) is 130 Å². The van der Waals surface area contributed by atoms with E-state index in [1.807, 2.05) is 0 Å². The first-order valence-electron chi connectivity index (χ1n) is 20.8. The van der Waals surface area contributed by atoms with Crippen molar-refractivity contribution >= 4 is 127 Å². The number of ketones is 2. The number of Topliss-reactive ketones (excluding diaryl/α,β-unsaturated/α-hetero) is 2. The number of anilines is 4. The molecule has 21 heteroatoms. The lowest BCUT2D eigenvalue weighted by molar-refractivity contribution is -0.127. The summed E-state index contributed by atoms with van der Waals surface area (Å²) in [5.41, 5.74) is 3.49. The zero-order valence-corrected chi connectivity index (χ0v) is 41.6. The standard InChI is InChI=1S/C48H45Cl5N8O8/c1-24(50)29-16-34(20-36(18-29)68-5)55-45(64)38-22-32(7-10-40(38)52)58-60-43(26(3)62)47(66)54-31-9-12-42(28(15-31)13-14-49)57-48(67)44(27(4)63)61-59-33-8-11-41(53)39(23-33)46(65)56-35-17-30(25(2)51)19-37(21-35)69-6/h7-12,15-25,43-44H,13-14H2,1-6H3,(H,54,66)(H,55,64)(H,56,65)(H,57,67). The van der Waals surface area contributed by atoms with Gasteiger partial charge < -0.3 is 30.7 Å². The fraction of sp³-hybridized carbons (Fsp3) is 0.250. The Morgan fingerprint density at radius 2 is 1.01 bits per heavy atom. The van der Waals surface area contributed by atoms with E-state index in [4.69, 9.17) is 67.5 Å². The van der Waals surface area contributed by atoms with Gasteiger partial charge in [-0.15, -0.1) is 34.8 Å². The van der Waals surface area contributed by atoms with Gasteiger partial charge in [-0.25, -0.2) is 0 Å².